The van der Waals surface area contributed by atoms with Gasteiger partial charge >= 0.3 is 0 Å². The summed E-state index contributed by atoms with van der Waals surface area (Å²) in [6.07, 6.45) is 0.445. The fourth-order valence-corrected chi connectivity index (χ4v) is 2.58. The molecule has 5 heteroatoms. The molecule has 1 aromatic carbocycles. The van der Waals surface area contributed by atoms with E-state index in [0.717, 1.165) is 36.7 Å². The van der Waals surface area contributed by atoms with Crippen molar-refractivity contribution >= 4 is 5.91 Å². The van der Waals surface area contributed by atoms with Gasteiger partial charge in [0.05, 0.1) is 14.2 Å². The Hall–Kier alpha value is -1.75. The zero-order chi connectivity index (χ0) is 17.2. The second-order valence-electron chi connectivity index (χ2n) is 5.59. The number of rotatable bonds is 10. The zero-order valence-electron chi connectivity index (χ0n) is 15.0. The molecule has 1 aromatic rings. The fraction of sp³-hybridized carbons (Fsp3) is 0.611. The highest BCUT2D eigenvalue weighted by Gasteiger charge is 2.16. The molecule has 0 bridgehead atoms. The van der Waals surface area contributed by atoms with Gasteiger partial charge in [-0.25, -0.2) is 0 Å². The molecule has 0 aliphatic heterocycles. The van der Waals surface area contributed by atoms with Crippen molar-refractivity contribution in [3.8, 4) is 11.5 Å². The number of amides is 1. The van der Waals surface area contributed by atoms with Gasteiger partial charge in [0, 0.05) is 25.6 Å². The molecule has 5 nitrogen and oxygen atoms in total. The SMILES string of the molecule is CCN(CC)CCNC(=O)CC(C)c1ccc(OC)cc1OC. The van der Waals surface area contributed by atoms with Crippen molar-refractivity contribution in [2.45, 2.75) is 33.1 Å². The van der Waals surface area contributed by atoms with Crippen LogP contribution in [0.25, 0.3) is 0 Å². The summed E-state index contributed by atoms with van der Waals surface area (Å²) < 4.78 is 10.6. The molecular weight excluding hydrogens is 292 g/mol. The minimum absolute atomic E-state index is 0.0718. The number of nitrogens with zero attached hydrogens (tertiary/aromatic N) is 1. The Morgan fingerprint density at radius 3 is 2.48 bits per heavy atom. The third kappa shape index (κ3) is 6.10. The van der Waals surface area contributed by atoms with E-state index in [-0.39, 0.29) is 11.8 Å². The predicted octanol–water partition coefficient (Wildman–Crippen LogP) is 2.66. The normalized spacial score (nSPS) is 12.1. The van der Waals surface area contributed by atoms with Crippen molar-refractivity contribution in [3.63, 3.8) is 0 Å². The molecule has 1 amide bonds. The summed E-state index contributed by atoms with van der Waals surface area (Å²) in [7, 11) is 3.26. The first-order chi connectivity index (χ1) is 11.0. The average Bonchev–Trinajstić information content (AvgIpc) is 2.57. The van der Waals surface area contributed by atoms with Crippen LogP contribution >= 0.6 is 0 Å². The van der Waals surface area contributed by atoms with Crippen molar-refractivity contribution in [2.24, 2.45) is 0 Å². The summed E-state index contributed by atoms with van der Waals surface area (Å²) in [5, 5.41) is 3.00. The van der Waals surface area contributed by atoms with E-state index in [2.05, 4.69) is 24.1 Å². The van der Waals surface area contributed by atoms with Gasteiger partial charge in [0.1, 0.15) is 11.5 Å². The smallest absolute Gasteiger partial charge is 0.220 e. The monoisotopic (exact) mass is 322 g/mol. The Morgan fingerprint density at radius 1 is 1.22 bits per heavy atom. The topological polar surface area (TPSA) is 50.8 Å². The fourth-order valence-electron chi connectivity index (χ4n) is 2.58. The van der Waals surface area contributed by atoms with E-state index in [9.17, 15) is 4.79 Å². The molecule has 0 radical (unpaired) electrons. The van der Waals surface area contributed by atoms with E-state index in [4.69, 9.17) is 9.47 Å². The Kier molecular flexibility index (Phi) is 8.48. The number of hydrogen-bond donors (Lipinski definition) is 1. The van der Waals surface area contributed by atoms with Crippen LogP contribution in [-0.2, 0) is 4.79 Å². The van der Waals surface area contributed by atoms with Crippen molar-refractivity contribution in [1.29, 1.82) is 0 Å². The second kappa shape index (κ2) is 10.1. The van der Waals surface area contributed by atoms with E-state index >= 15 is 0 Å². The largest absolute Gasteiger partial charge is 0.497 e. The van der Waals surface area contributed by atoms with Gasteiger partial charge in [-0.1, -0.05) is 26.8 Å². The first kappa shape index (κ1) is 19.3. The van der Waals surface area contributed by atoms with E-state index in [1.54, 1.807) is 14.2 Å². The number of carbonyl (C=O) groups is 1. The van der Waals surface area contributed by atoms with Gasteiger partial charge in [-0.2, -0.15) is 0 Å². The number of nitrogens with one attached hydrogen (secondary N) is 1. The van der Waals surface area contributed by atoms with E-state index < -0.39 is 0 Å². The summed E-state index contributed by atoms with van der Waals surface area (Å²) in [4.78, 5) is 14.4. The highest BCUT2D eigenvalue weighted by molar-refractivity contribution is 5.77. The quantitative estimate of drug-likeness (QED) is 0.719. The second-order valence-corrected chi connectivity index (χ2v) is 5.59. The van der Waals surface area contributed by atoms with E-state index in [1.165, 1.54) is 0 Å². The predicted molar refractivity (Wildman–Crippen MR) is 93.4 cm³/mol. The molecule has 1 atom stereocenters. The molecule has 0 saturated heterocycles. The summed E-state index contributed by atoms with van der Waals surface area (Å²) in [5.74, 6) is 1.67. The molecule has 0 aliphatic carbocycles. The molecule has 0 aromatic heterocycles. The maximum Gasteiger partial charge on any atom is 0.220 e. The van der Waals surface area contributed by atoms with Gasteiger partial charge in [0.15, 0.2) is 0 Å². The van der Waals surface area contributed by atoms with Gasteiger partial charge in [-0.05, 0) is 30.6 Å². The minimum atomic E-state index is 0.0718. The number of likely N-dealkylation sites (N-methyl/N-ethyl adjacent to an activating group) is 1. The van der Waals surface area contributed by atoms with Crippen LogP contribution < -0.4 is 14.8 Å². The molecule has 0 heterocycles. The average molecular weight is 322 g/mol. The molecule has 130 valence electrons. The molecule has 1 rings (SSSR count). The molecular formula is C18H30N2O3. The Balaban J connectivity index is 2.55. The molecule has 0 aliphatic rings. The maximum absolute atomic E-state index is 12.1. The zero-order valence-corrected chi connectivity index (χ0v) is 15.0. The van der Waals surface area contributed by atoms with Gasteiger partial charge in [0.25, 0.3) is 0 Å². The number of methoxy groups -OCH3 is 2. The summed E-state index contributed by atoms with van der Waals surface area (Å²) in [6.45, 7) is 9.88. The van der Waals surface area contributed by atoms with Crippen LogP contribution in [0.5, 0.6) is 11.5 Å². The maximum atomic E-state index is 12.1. The highest BCUT2D eigenvalue weighted by Crippen LogP contribution is 2.31. The van der Waals surface area contributed by atoms with Crippen LogP contribution in [0, 0.1) is 0 Å². The molecule has 0 fully saturated rings. The Morgan fingerprint density at radius 2 is 1.91 bits per heavy atom. The molecule has 0 saturated carbocycles. The lowest BCUT2D eigenvalue weighted by Gasteiger charge is -2.19. The van der Waals surface area contributed by atoms with Crippen LogP contribution in [0.1, 0.15) is 38.7 Å². The van der Waals surface area contributed by atoms with Crippen LogP contribution in [0.2, 0.25) is 0 Å². The first-order valence-corrected chi connectivity index (χ1v) is 8.26. The van der Waals surface area contributed by atoms with Gasteiger partial charge in [0.2, 0.25) is 5.91 Å². The molecule has 1 N–H and O–H groups in total. The minimum Gasteiger partial charge on any atom is -0.497 e. The lowest BCUT2D eigenvalue weighted by Crippen LogP contribution is -2.35. The number of hydrogen-bond acceptors (Lipinski definition) is 4. The summed E-state index contributed by atoms with van der Waals surface area (Å²) in [6, 6.07) is 5.71. The molecule has 23 heavy (non-hydrogen) atoms. The van der Waals surface area contributed by atoms with Gasteiger partial charge in [-0.15, -0.1) is 0 Å². The highest BCUT2D eigenvalue weighted by atomic mass is 16.5. The first-order valence-electron chi connectivity index (χ1n) is 8.26. The Bertz CT molecular complexity index is 487. The lowest BCUT2D eigenvalue weighted by atomic mass is 9.96. The number of benzene rings is 1. The standard InChI is InChI=1S/C18H30N2O3/c1-6-20(7-2)11-10-19-18(21)12-14(3)16-9-8-15(22-4)13-17(16)23-5/h8-9,13-14H,6-7,10-12H2,1-5H3,(H,19,21). The van der Waals surface area contributed by atoms with Crippen LogP contribution in [0.3, 0.4) is 0 Å². The van der Waals surface area contributed by atoms with Gasteiger partial charge in [-0.3, -0.25) is 4.79 Å². The van der Waals surface area contributed by atoms with Crippen LogP contribution in [0.4, 0.5) is 0 Å². The van der Waals surface area contributed by atoms with E-state index in [0.29, 0.717) is 13.0 Å². The summed E-state index contributed by atoms with van der Waals surface area (Å²) >= 11 is 0. The van der Waals surface area contributed by atoms with Crippen LogP contribution in [0.15, 0.2) is 18.2 Å². The molecule has 0 spiro atoms. The van der Waals surface area contributed by atoms with Crippen molar-refractivity contribution in [2.75, 3.05) is 40.4 Å². The van der Waals surface area contributed by atoms with Gasteiger partial charge < -0.3 is 19.7 Å². The number of ether oxygens (including phenoxy) is 2. The number of carbonyl (C=O) groups excluding carboxylic acids is 1. The van der Waals surface area contributed by atoms with Crippen molar-refractivity contribution in [3.05, 3.63) is 23.8 Å². The van der Waals surface area contributed by atoms with Crippen molar-refractivity contribution < 1.29 is 14.3 Å². The van der Waals surface area contributed by atoms with Crippen molar-refractivity contribution in [1.82, 2.24) is 10.2 Å². The van der Waals surface area contributed by atoms with E-state index in [1.807, 2.05) is 25.1 Å². The lowest BCUT2D eigenvalue weighted by molar-refractivity contribution is -0.121. The molecule has 1 unspecified atom stereocenters. The van der Waals surface area contributed by atoms with Crippen LogP contribution in [-0.4, -0.2) is 51.2 Å². The third-order valence-corrected chi connectivity index (χ3v) is 4.11. The Labute approximate surface area is 140 Å². The summed E-state index contributed by atoms with van der Waals surface area (Å²) in [5.41, 5.74) is 1.02. The third-order valence-electron chi connectivity index (χ3n) is 4.11.